The predicted molar refractivity (Wildman–Crippen MR) is 101 cm³/mol. The molecule has 29 heavy (non-hydrogen) atoms. The van der Waals surface area contributed by atoms with Crippen LogP contribution in [0.5, 0.6) is 0 Å². The molecule has 0 aliphatic heterocycles. The summed E-state index contributed by atoms with van der Waals surface area (Å²) in [6.45, 7) is -0.215. The van der Waals surface area contributed by atoms with E-state index >= 15 is 0 Å². The average molecular weight is 400 g/mol. The summed E-state index contributed by atoms with van der Waals surface area (Å²) in [6, 6.07) is 5.32. The molecule has 2 aromatic heterocycles. The molecule has 0 aliphatic rings. The quantitative estimate of drug-likeness (QED) is 0.457. The van der Waals surface area contributed by atoms with Crippen LogP contribution in [0.1, 0.15) is 17.7 Å². The van der Waals surface area contributed by atoms with E-state index in [0.717, 1.165) is 10.6 Å². The molecule has 0 aliphatic carbocycles. The summed E-state index contributed by atoms with van der Waals surface area (Å²) in [7, 11) is 2.80. The first-order valence-corrected chi connectivity index (χ1v) is 8.62. The normalized spacial score (nSPS) is 10.7. The minimum Gasteiger partial charge on any atom is -0.467 e. The molecular formula is C19H20N4O6. The monoisotopic (exact) mass is 400 g/mol. The van der Waals surface area contributed by atoms with E-state index in [0.29, 0.717) is 5.76 Å². The van der Waals surface area contributed by atoms with Gasteiger partial charge < -0.3 is 18.6 Å². The molecule has 152 valence electrons. The summed E-state index contributed by atoms with van der Waals surface area (Å²) in [6.07, 6.45) is 5.10. The third-order valence-electron chi connectivity index (χ3n) is 3.98. The highest BCUT2D eigenvalue weighted by Crippen LogP contribution is 2.07. The first kappa shape index (κ1) is 21.4. The Balaban J connectivity index is 1.99. The number of aryl methyl sites for hydroxylation is 1. The minimum atomic E-state index is -0.826. The second kappa shape index (κ2) is 9.89. The van der Waals surface area contributed by atoms with Gasteiger partial charge in [0.1, 0.15) is 5.76 Å². The number of carbonyl (C=O) groups is 2. The number of furan rings is 1. The smallest absolute Gasteiger partial charge is 0.331 e. The zero-order valence-corrected chi connectivity index (χ0v) is 16.0. The Kier molecular flexibility index (Phi) is 7.31. The summed E-state index contributed by atoms with van der Waals surface area (Å²) in [5.74, 6) is -0.781. The standard InChI is InChI=1S/C19H20N4O6/c1-21-11-14(18(26)22(2)19(21)27)6-7-17(25)29-13-16(24)23(9-4-8-20)12-15-5-3-10-28-15/h3,5-7,10-11H,4,9,12-13H2,1-2H3/b7-6+. The molecule has 0 atom stereocenters. The second-order valence-electron chi connectivity index (χ2n) is 6.09. The van der Waals surface area contributed by atoms with Crippen molar-refractivity contribution in [1.82, 2.24) is 14.0 Å². The Hall–Kier alpha value is -3.87. The Morgan fingerprint density at radius 1 is 1.34 bits per heavy atom. The van der Waals surface area contributed by atoms with Crippen molar-refractivity contribution >= 4 is 18.0 Å². The minimum absolute atomic E-state index is 0.117. The van der Waals surface area contributed by atoms with E-state index in [2.05, 4.69) is 0 Å². The van der Waals surface area contributed by atoms with Gasteiger partial charge in [-0.15, -0.1) is 0 Å². The molecule has 0 saturated heterocycles. The van der Waals surface area contributed by atoms with Crippen LogP contribution in [0.2, 0.25) is 0 Å². The third-order valence-corrected chi connectivity index (χ3v) is 3.98. The lowest BCUT2D eigenvalue weighted by Gasteiger charge is -2.20. The Morgan fingerprint density at radius 2 is 2.10 bits per heavy atom. The molecule has 0 aromatic carbocycles. The maximum Gasteiger partial charge on any atom is 0.331 e. The highest BCUT2D eigenvalue weighted by molar-refractivity contribution is 5.89. The van der Waals surface area contributed by atoms with Gasteiger partial charge in [0.2, 0.25) is 0 Å². The van der Waals surface area contributed by atoms with Gasteiger partial charge in [0.05, 0.1) is 30.9 Å². The number of hydrogen-bond donors (Lipinski definition) is 0. The van der Waals surface area contributed by atoms with Crippen LogP contribution in [0.15, 0.2) is 44.7 Å². The number of aromatic nitrogens is 2. The lowest BCUT2D eigenvalue weighted by Crippen LogP contribution is -2.37. The van der Waals surface area contributed by atoms with E-state index in [1.807, 2.05) is 6.07 Å². The Bertz CT molecular complexity index is 1060. The van der Waals surface area contributed by atoms with Gasteiger partial charge in [-0.25, -0.2) is 9.59 Å². The fourth-order valence-corrected chi connectivity index (χ4v) is 2.45. The van der Waals surface area contributed by atoms with Crippen molar-refractivity contribution in [3.05, 3.63) is 62.8 Å². The number of ether oxygens (including phenoxy) is 1. The van der Waals surface area contributed by atoms with Gasteiger partial charge in [0.15, 0.2) is 6.61 Å². The summed E-state index contributed by atoms with van der Waals surface area (Å²) in [5, 5.41) is 8.74. The number of nitrogens with zero attached hydrogens (tertiary/aromatic N) is 4. The molecule has 2 aromatic rings. The first-order valence-electron chi connectivity index (χ1n) is 8.62. The van der Waals surface area contributed by atoms with Crippen LogP contribution >= 0.6 is 0 Å². The maximum atomic E-state index is 12.3. The van der Waals surface area contributed by atoms with Crippen LogP contribution in [-0.2, 0) is 35.0 Å². The first-order chi connectivity index (χ1) is 13.8. The van der Waals surface area contributed by atoms with E-state index in [9.17, 15) is 19.2 Å². The molecule has 2 heterocycles. The summed E-state index contributed by atoms with van der Waals surface area (Å²) < 4.78 is 12.2. The van der Waals surface area contributed by atoms with Crippen molar-refractivity contribution in [2.45, 2.75) is 13.0 Å². The number of hydrogen-bond acceptors (Lipinski definition) is 7. The van der Waals surface area contributed by atoms with Crippen LogP contribution in [0.25, 0.3) is 6.08 Å². The number of esters is 1. The molecule has 0 radical (unpaired) electrons. The highest BCUT2D eigenvalue weighted by Gasteiger charge is 2.16. The number of rotatable bonds is 8. The molecule has 0 unspecified atom stereocenters. The summed E-state index contributed by atoms with van der Waals surface area (Å²) >= 11 is 0. The number of amides is 1. The fourth-order valence-electron chi connectivity index (χ4n) is 2.45. The molecular weight excluding hydrogens is 380 g/mol. The van der Waals surface area contributed by atoms with Crippen LogP contribution < -0.4 is 11.2 Å². The van der Waals surface area contributed by atoms with Crippen molar-refractivity contribution in [1.29, 1.82) is 5.26 Å². The summed E-state index contributed by atoms with van der Waals surface area (Å²) in [5.41, 5.74) is -0.935. The molecule has 0 fully saturated rings. The van der Waals surface area contributed by atoms with Crippen molar-refractivity contribution in [3.63, 3.8) is 0 Å². The van der Waals surface area contributed by atoms with E-state index in [4.69, 9.17) is 14.4 Å². The van der Waals surface area contributed by atoms with Gasteiger partial charge in [-0.1, -0.05) is 0 Å². The third kappa shape index (κ3) is 5.80. The molecule has 10 nitrogen and oxygen atoms in total. The lowest BCUT2D eigenvalue weighted by molar-refractivity contribution is -0.148. The lowest BCUT2D eigenvalue weighted by atomic mass is 10.3. The highest BCUT2D eigenvalue weighted by atomic mass is 16.5. The maximum absolute atomic E-state index is 12.3. The average Bonchev–Trinajstić information content (AvgIpc) is 3.22. The topological polar surface area (TPSA) is 128 Å². The van der Waals surface area contributed by atoms with Crippen LogP contribution in [-0.4, -0.2) is 39.1 Å². The fraction of sp³-hybridized carbons (Fsp3) is 0.316. The molecule has 1 amide bonds. The van der Waals surface area contributed by atoms with E-state index in [1.54, 1.807) is 12.1 Å². The number of nitriles is 1. The molecule has 0 saturated carbocycles. The van der Waals surface area contributed by atoms with Crippen LogP contribution in [0.4, 0.5) is 0 Å². The van der Waals surface area contributed by atoms with Crippen molar-refractivity contribution in [2.24, 2.45) is 14.1 Å². The SMILES string of the molecule is Cn1cc(/C=C/C(=O)OCC(=O)N(CCC#N)Cc2ccco2)c(=O)n(C)c1=O. The molecule has 0 bridgehead atoms. The zero-order valence-electron chi connectivity index (χ0n) is 16.0. The van der Waals surface area contributed by atoms with Gasteiger partial charge in [-0.05, 0) is 18.2 Å². The van der Waals surface area contributed by atoms with Crippen molar-refractivity contribution < 1.29 is 18.7 Å². The van der Waals surface area contributed by atoms with E-state index in [-0.39, 0.29) is 25.1 Å². The van der Waals surface area contributed by atoms with Crippen molar-refractivity contribution in [2.75, 3.05) is 13.2 Å². The molecule has 0 N–H and O–H groups in total. The van der Waals surface area contributed by atoms with Crippen LogP contribution in [0, 0.1) is 11.3 Å². The van der Waals surface area contributed by atoms with Gasteiger partial charge in [-0.2, -0.15) is 5.26 Å². The molecule has 10 heteroatoms. The zero-order chi connectivity index (χ0) is 21.4. The van der Waals surface area contributed by atoms with E-state index < -0.39 is 29.7 Å². The predicted octanol–water partition coefficient (Wildman–Crippen LogP) is 0.176. The van der Waals surface area contributed by atoms with Gasteiger partial charge in [-0.3, -0.25) is 14.2 Å². The second-order valence-corrected chi connectivity index (χ2v) is 6.09. The van der Waals surface area contributed by atoms with Gasteiger partial charge >= 0.3 is 11.7 Å². The van der Waals surface area contributed by atoms with Gasteiger partial charge in [0.25, 0.3) is 11.5 Å². The number of carbonyl (C=O) groups excluding carboxylic acids is 2. The molecule has 2 rings (SSSR count). The van der Waals surface area contributed by atoms with Crippen molar-refractivity contribution in [3.8, 4) is 6.07 Å². The van der Waals surface area contributed by atoms with Gasteiger partial charge in [0, 0.05) is 32.9 Å². The van der Waals surface area contributed by atoms with E-state index in [1.165, 1.54) is 42.1 Å². The molecule has 0 spiro atoms. The largest absolute Gasteiger partial charge is 0.467 e. The Labute approximate surface area is 165 Å². The summed E-state index contributed by atoms with van der Waals surface area (Å²) in [4.78, 5) is 49.2. The van der Waals surface area contributed by atoms with Crippen LogP contribution in [0.3, 0.4) is 0 Å². The Morgan fingerprint density at radius 3 is 2.76 bits per heavy atom.